The van der Waals surface area contributed by atoms with Crippen molar-refractivity contribution in [1.82, 2.24) is 15.5 Å². The first kappa shape index (κ1) is 23.0. The summed E-state index contributed by atoms with van der Waals surface area (Å²) in [6.07, 6.45) is 6.06. The van der Waals surface area contributed by atoms with Gasteiger partial charge in [0.25, 0.3) is 5.91 Å². The number of fused-ring (bicyclic) bond motifs is 2. The van der Waals surface area contributed by atoms with Crippen LogP contribution in [0.15, 0.2) is 48.5 Å². The van der Waals surface area contributed by atoms with Crippen molar-refractivity contribution in [3.8, 4) is 5.75 Å². The maximum atomic E-state index is 13.2. The van der Waals surface area contributed by atoms with E-state index in [2.05, 4.69) is 33.7 Å². The molecule has 4 atom stereocenters. The van der Waals surface area contributed by atoms with Gasteiger partial charge in [-0.1, -0.05) is 55.3 Å². The van der Waals surface area contributed by atoms with Crippen molar-refractivity contribution in [2.75, 3.05) is 32.9 Å². The molecular formula is C29H37N3O3. The third-order valence-electron chi connectivity index (χ3n) is 8.83. The fourth-order valence-electron chi connectivity index (χ4n) is 6.75. The SMILES string of the molecule is O=C(NCNC1[C@H]2CN(CCc3ccc4c(c3)CCO4)C[C@@H]12)C(O)(c1ccccc1)C1CCCC1. The molecule has 1 amide bonds. The highest BCUT2D eigenvalue weighted by atomic mass is 16.5. The van der Waals surface area contributed by atoms with Gasteiger partial charge in [0.15, 0.2) is 5.60 Å². The second-order valence-corrected chi connectivity index (χ2v) is 10.9. The zero-order chi connectivity index (χ0) is 23.8. The molecule has 0 bridgehead atoms. The number of piperidine rings is 1. The molecule has 2 aromatic carbocycles. The highest BCUT2D eigenvalue weighted by molar-refractivity contribution is 5.86. The Morgan fingerprint density at radius 1 is 1.09 bits per heavy atom. The van der Waals surface area contributed by atoms with E-state index in [1.807, 2.05) is 30.3 Å². The maximum Gasteiger partial charge on any atom is 0.257 e. The minimum atomic E-state index is -1.45. The smallest absolute Gasteiger partial charge is 0.257 e. The van der Waals surface area contributed by atoms with Gasteiger partial charge >= 0.3 is 0 Å². The lowest BCUT2D eigenvalue weighted by atomic mass is 9.79. The molecule has 1 saturated heterocycles. The molecule has 2 aromatic rings. The molecule has 2 aliphatic heterocycles. The molecule has 186 valence electrons. The fraction of sp³-hybridized carbons (Fsp3) is 0.552. The maximum absolute atomic E-state index is 13.2. The third-order valence-corrected chi connectivity index (χ3v) is 8.83. The van der Waals surface area contributed by atoms with E-state index in [0.717, 1.165) is 70.5 Å². The van der Waals surface area contributed by atoms with Crippen LogP contribution in [-0.2, 0) is 23.2 Å². The number of carbonyl (C=O) groups is 1. The van der Waals surface area contributed by atoms with Crippen molar-refractivity contribution in [2.45, 2.75) is 50.2 Å². The molecule has 4 aliphatic rings. The van der Waals surface area contributed by atoms with Gasteiger partial charge in [0, 0.05) is 38.0 Å². The van der Waals surface area contributed by atoms with Crippen molar-refractivity contribution in [3.05, 3.63) is 65.2 Å². The van der Waals surface area contributed by atoms with Crippen LogP contribution in [0.25, 0.3) is 0 Å². The topological polar surface area (TPSA) is 73.8 Å². The summed E-state index contributed by atoms with van der Waals surface area (Å²) in [6.45, 7) is 4.58. The van der Waals surface area contributed by atoms with Gasteiger partial charge in [-0.15, -0.1) is 0 Å². The second kappa shape index (κ2) is 9.57. The van der Waals surface area contributed by atoms with Crippen LogP contribution in [0, 0.1) is 17.8 Å². The van der Waals surface area contributed by atoms with E-state index in [4.69, 9.17) is 4.74 Å². The zero-order valence-corrected chi connectivity index (χ0v) is 20.4. The van der Waals surface area contributed by atoms with Crippen LogP contribution in [0.1, 0.15) is 42.4 Å². The Balaban J connectivity index is 0.962. The Labute approximate surface area is 208 Å². The molecule has 2 aliphatic carbocycles. The first-order valence-electron chi connectivity index (χ1n) is 13.4. The number of ether oxygens (including phenoxy) is 1. The van der Waals surface area contributed by atoms with Gasteiger partial charge in [-0.2, -0.15) is 0 Å². The largest absolute Gasteiger partial charge is 0.493 e. The van der Waals surface area contributed by atoms with Crippen molar-refractivity contribution in [1.29, 1.82) is 0 Å². The van der Waals surface area contributed by atoms with Crippen LogP contribution in [0.3, 0.4) is 0 Å². The standard InChI is InChI=1S/C29H37N3O3/c33-28(29(34,23-8-4-5-9-23)22-6-2-1-3-7-22)31-19-30-27-24-17-32(18-25(24)27)14-12-20-10-11-26-21(16-20)13-15-35-26/h1-3,6-7,10-11,16,23-25,27,30,34H,4-5,8-9,12-15,17-19H2,(H,31,33)/t24-,25+,27?,29?. The van der Waals surface area contributed by atoms with Gasteiger partial charge in [-0.25, -0.2) is 0 Å². The lowest BCUT2D eigenvalue weighted by Crippen LogP contribution is -2.51. The van der Waals surface area contributed by atoms with Gasteiger partial charge in [-0.3, -0.25) is 10.1 Å². The number of rotatable bonds is 9. The Hall–Kier alpha value is -2.41. The summed E-state index contributed by atoms with van der Waals surface area (Å²) in [5.41, 5.74) is 2.02. The van der Waals surface area contributed by atoms with Crippen LogP contribution in [0.2, 0.25) is 0 Å². The van der Waals surface area contributed by atoms with Crippen molar-refractivity contribution < 1.29 is 14.6 Å². The van der Waals surface area contributed by atoms with Crippen molar-refractivity contribution in [3.63, 3.8) is 0 Å². The molecule has 2 heterocycles. The van der Waals surface area contributed by atoms with E-state index in [1.165, 1.54) is 11.1 Å². The second-order valence-electron chi connectivity index (χ2n) is 10.9. The number of nitrogens with one attached hydrogen (secondary N) is 2. The van der Waals surface area contributed by atoms with E-state index in [0.29, 0.717) is 30.1 Å². The molecule has 2 unspecified atom stereocenters. The van der Waals surface area contributed by atoms with E-state index in [-0.39, 0.29) is 11.8 Å². The fourth-order valence-corrected chi connectivity index (χ4v) is 6.75. The molecule has 6 heteroatoms. The molecule has 2 saturated carbocycles. The first-order valence-corrected chi connectivity index (χ1v) is 13.4. The lowest BCUT2D eigenvalue weighted by molar-refractivity contribution is -0.147. The normalized spacial score (nSPS) is 27.2. The Kier molecular flexibility index (Phi) is 6.29. The molecule has 6 nitrogen and oxygen atoms in total. The number of carbonyl (C=O) groups excluding carboxylic acids is 1. The Morgan fingerprint density at radius 2 is 1.86 bits per heavy atom. The summed E-state index contributed by atoms with van der Waals surface area (Å²) < 4.78 is 5.62. The number of nitrogens with zero attached hydrogens (tertiary/aromatic N) is 1. The Bertz CT molecular complexity index is 1040. The zero-order valence-electron chi connectivity index (χ0n) is 20.4. The average molecular weight is 476 g/mol. The average Bonchev–Trinajstić information content (AvgIpc) is 3.43. The quantitative estimate of drug-likeness (QED) is 0.487. The number of likely N-dealkylation sites (tertiary alicyclic amines) is 1. The van der Waals surface area contributed by atoms with Crippen LogP contribution < -0.4 is 15.4 Å². The molecule has 6 rings (SSSR count). The van der Waals surface area contributed by atoms with Crippen LogP contribution in [-0.4, -0.2) is 54.9 Å². The monoisotopic (exact) mass is 475 g/mol. The summed E-state index contributed by atoms with van der Waals surface area (Å²) in [7, 11) is 0. The van der Waals surface area contributed by atoms with Crippen LogP contribution >= 0.6 is 0 Å². The highest BCUT2D eigenvalue weighted by Crippen LogP contribution is 2.45. The molecule has 35 heavy (non-hydrogen) atoms. The van der Waals surface area contributed by atoms with E-state index in [9.17, 15) is 9.90 Å². The minimum absolute atomic E-state index is 0.0167. The molecular weight excluding hydrogens is 438 g/mol. The third kappa shape index (κ3) is 4.48. The van der Waals surface area contributed by atoms with Crippen molar-refractivity contribution in [2.24, 2.45) is 17.8 Å². The highest BCUT2D eigenvalue weighted by Gasteiger charge is 2.55. The summed E-state index contributed by atoms with van der Waals surface area (Å²) in [6, 6.07) is 16.6. The lowest BCUT2D eigenvalue weighted by Gasteiger charge is -2.33. The van der Waals surface area contributed by atoms with Gasteiger partial charge in [-0.05, 0) is 53.9 Å². The van der Waals surface area contributed by atoms with Crippen molar-refractivity contribution >= 4 is 5.91 Å². The predicted molar refractivity (Wildman–Crippen MR) is 135 cm³/mol. The van der Waals surface area contributed by atoms with E-state index < -0.39 is 5.60 Å². The summed E-state index contributed by atoms with van der Waals surface area (Å²) >= 11 is 0. The summed E-state index contributed by atoms with van der Waals surface area (Å²) in [5, 5.41) is 18.1. The molecule has 0 spiro atoms. The number of amides is 1. The molecule has 3 fully saturated rings. The summed E-state index contributed by atoms with van der Waals surface area (Å²) in [5.74, 6) is 2.11. The number of benzene rings is 2. The molecule has 0 radical (unpaired) electrons. The van der Waals surface area contributed by atoms with E-state index >= 15 is 0 Å². The minimum Gasteiger partial charge on any atom is -0.493 e. The number of aliphatic hydroxyl groups is 1. The van der Waals surface area contributed by atoms with Gasteiger partial charge in [0.2, 0.25) is 0 Å². The first-order chi connectivity index (χ1) is 17.1. The Morgan fingerprint density at radius 3 is 2.63 bits per heavy atom. The van der Waals surface area contributed by atoms with Gasteiger partial charge in [0.05, 0.1) is 13.3 Å². The van der Waals surface area contributed by atoms with Gasteiger partial charge in [0.1, 0.15) is 5.75 Å². The van der Waals surface area contributed by atoms with Crippen LogP contribution in [0.5, 0.6) is 5.75 Å². The molecule has 0 aromatic heterocycles. The molecule has 3 N–H and O–H groups in total. The van der Waals surface area contributed by atoms with Gasteiger partial charge < -0.3 is 20.1 Å². The number of hydrogen-bond acceptors (Lipinski definition) is 5. The number of hydrogen-bond donors (Lipinski definition) is 3. The predicted octanol–water partition coefficient (Wildman–Crippen LogP) is 2.84. The van der Waals surface area contributed by atoms with E-state index in [1.54, 1.807) is 0 Å². The summed E-state index contributed by atoms with van der Waals surface area (Å²) in [4.78, 5) is 15.8. The van der Waals surface area contributed by atoms with Crippen LogP contribution in [0.4, 0.5) is 0 Å².